The average molecular weight is 406 g/mol. The topological polar surface area (TPSA) is 125 Å². The normalized spacial score (nSPS) is 21.4. The zero-order chi connectivity index (χ0) is 18.8. The van der Waals surface area contributed by atoms with Crippen LogP contribution in [-0.2, 0) is 19.6 Å². The number of hydrogen-bond acceptors (Lipinski definition) is 8. The standard InChI is InChI=1S/C14H20ClN5O5S/c15-11-1-2-12(17-16-11)19-5-7-20(8-6-19)26(23,24)14(13(21)18-22)3-9-25-10-4-14/h1-2,22H,3-10H2,(H,18,21). The number of rotatable bonds is 4. The number of carbonyl (C=O) groups excluding carboxylic acids is 1. The fourth-order valence-corrected chi connectivity index (χ4v) is 5.49. The van der Waals surface area contributed by atoms with Gasteiger partial charge in [0.05, 0.1) is 0 Å². The van der Waals surface area contributed by atoms with Crippen molar-refractivity contribution >= 4 is 33.3 Å². The molecule has 2 aliphatic heterocycles. The van der Waals surface area contributed by atoms with E-state index in [0.717, 1.165) is 0 Å². The van der Waals surface area contributed by atoms with Crippen molar-refractivity contribution in [3.05, 3.63) is 17.3 Å². The first-order valence-corrected chi connectivity index (χ1v) is 9.99. The van der Waals surface area contributed by atoms with Crippen LogP contribution in [0.15, 0.2) is 12.1 Å². The fraction of sp³-hybridized carbons (Fsp3) is 0.643. The lowest BCUT2D eigenvalue weighted by molar-refractivity contribution is -0.134. The summed E-state index contributed by atoms with van der Waals surface area (Å²) in [6.45, 7) is 1.51. The number of sulfonamides is 1. The quantitative estimate of drug-likeness (QED) is 0.513. The summed E-state index contributed by atoms with van der Waals surface area (Å²) in [4.78, 5) is 14.1. The van der Waals surface area contributed by atoms with Gasteiger partial charge in [0.25, 0.3) is 5.91 Å². The Bertz CT molecular complexity index is 745. The summed E-state index contributed by atoms with van der Waals surface area (Å²) >= 11 is 5.73. The largest absolute Gasteiger partial charge is 0.381 e. The predicted molar refractivity (Wildman–Crippen MR) is 92.5 cm³/mol. The molecule has 2 saturated heterocycles. The van der Waals surface area contributed by atoms with Gasteiger partial charge in [-0.15, -0.1) is 10.2 Å². The molecule has 10 nitrogen and oxygen atoms in total. The van der Waals surface area contributed by atoms with Crippen molar-refractivity contribution in [1.29, 1.82) is 0 Å². The Hall–Kier alpha value is -1.53. The summed E-state index contributed by atoms with van der Waals surface area (Å²) in [5.74, 6) is -0.299. The van der Waals surface area contributed by atoms with Crippen molar-refractivity contribution in [3.8, 4) is 0 Å². The predicted octanol–water partition coefficient (Wildman–Crippen LogP) is -0.364. The van der Waals surface area contributed by atoms with E-state index in [1.807, 2.05) is 4.90 Å². The lowest BCUT2D eigenvalue weighted by atomic mass is 9.98. The first kappa shape index (κ1) is 19.2. The number of aromatic nitrogens is 2. The number of ether oxygens (including phenoxy) is 1. The third-order valence-electron chi connectivity index (χ3n) is 4.83. The SMILES string of the molecule is O=C(NO)C1(S(=O)(=O)N2CCN(c3ccc(Cl)nn3)CC2)CCOCC1. The fourth-order valence-electron chi connectivity index (χ4n) is 3.29. The van der Waals surface area contributed by atoms with Crippen molar-refractivity contribution < 1.29 is 23.2 Å². The summed E-state index contributed by atoms with van der Waals surface area (Å²) in [5.41, 5.74) is 1.52. The molecule has 0 spiro atoms. The number of piperazine rings is 1. The zero-order valence-corrected chi connectivity index (χ0v) is 15.5. The van der Waals surface area contributed by atoms with Gasteiger partial charge >= 0.3 is 0 Å². The summed E-state index contributed by atoms with van der Waals surface area (Å²) < 4.78 is 31.2. The Labute approximate surface area is 156 Å². The minimum atomic E-state index is -3.97. The Balaban J connectivity index is 1.76. The van der Waals surface area contributed by atoms with Crippen LogP contribution in [0.25, 0.3) is 0 Å². The molecule has 3 rings (SSSR count). The highest BCUT2D eigenvalue weighted by molar-refractivity contribution is 7.91. The molecule has 0 unspecified atom stereocenters. The van der Waals surface area contributed by atoms with E-state index in [9.17, 15) is 13.2 Å². The molecule has 1 aromatic rings. The Morgan fingerprint density at radius 3 is 2.38 bits per heavy atom. The van der Waals surface area contributed by atoms with E-state index in [0.29, 0.717) is 18.9 Å². The van der Waals surface area contributed by atoms with E-state index in [-0.39, 0.29) is 44.3 Å². The van der Waals surface area contributed by atoms with Crippen LogP contribution in [0, 0.1) is 0 Å². The van der Waals surface area contributed by atoms with Crippen molar-refractivity contribution in [2.45, 2.75) is 17.6 Å². The van der Waals surface area contributed by atoms with Crippen LogP contribution in [-0.4, -0.2) is 78.2 Å². The molecule has 0 aliphatic carbocycles. The van der Waals surface area contributed by atoms with Gasteiger partial charge < -0.3 is 9.64 Å². The maximum Gasteiger partial charge on any atom is 0.266 e. The van der Waals surface area contributed by atoms with Crippen LogP contribution in [0.3, 0.4) is 0 Å². The van der Waals surface area contributed by atoms with E-state index in [1.54, 1.807) is 12.1 Å². The maximum atomic E-state index is 13.2. The smallest absolute Gasteiger partial charge is 0.266 e. The number of carbonyl (C=O) groups is 1. The molecule has 2 N–H and O–H groups in total. The summed E-state index contributed by atoms with van der Waals surface area (Å²) in [5, 5.41) is 17.1. The van der Waals surface area contributed by atoms with E-state index in [1.165, 1.54) is 9.79 Å². The molecule has 3 heterocycles. The number of nitrogens with one attached hydrogen (secondary N) is 1. The second kappa shape index (κ2) is 7.61. The molecule has 0 aromatic carbocycles. The van der Waals surface area contributed by atoms with Gasteiger partial charge in [0, 0.05) is 52.2 Å². The molecule has 2 fully saturated rings. The molecular weight excluding hydrogens is 386 g/mol. The van der Waals surface area contributed by atoms with Crippen LogP contribution in [0.1, 0.15) is 12.8 Å². The highest BCUT2D eigenvalue weighted by atomic mass is 35.5. The van der Waals surface area contributed by atoms with Crippen molar-refractivity contribution in [2.75, 3.05) is 44.3 Å². The van der Waals surface area contributed by atoms with Crippen molar-refractivity contribution in [2.24, 2.45) is 0 Å². The monoisotopic (exact) mass is 405 g/mol. The van der Waals surface area contributed by atoms with E-state index < -0.39 is 20.7 Å². The number of halogens is 1. The van der Waals surface area contributed by atoms with Gasteiger partial charge in [-0.3, -0.25) is 10.0 Å². The first-order valence-electron chi connectivity index (χ1n) is 8.17. The second-order valence-electron chi connectivity index (χ2n) is 6.15. The van der Waals surface area contributed by atoms with Crippen LogP contribution < -0.4 is 10.4 Å². The molecule has 0 radical (unpaired) electrons. The maximum absolute atomic E-state index is 13.2. The highest BCUT2D eigenvalue weighted by Gasteiger charge is 2.54. The molecular formula is C14H20ClN5O5S. The van der Waals surface area contributed by atoms with Gasteiger partial charge in [0.15, 0.2) is 15.7 Å². The molecule has 0 saturated carbocycles. The van der Waals surface area contributed by atoms with Gasteiger partial charge in [0.1, 0.15) is 0 Å². The van der Waals surface area contributed by atoms with Crippen LogP contribution in [0.5, 0.6) is 0 Å². The van der Waals surface area contributed by atoms with Gasteiger partial charge in [-0.2, -0.15) is 4.31 Å². The van der Waals surface area contributed by atoms with Gasteiger partial charge in [-0.1, -0.05) is 11.6 Å². The van der Waals surface area contributed by atoms with Crippen LogP contribution in [0.4, 0.5) is 5.82 Å². The molecule has 0 atom stereocenters. The first-order chi connectivity index (χ1) is 12.4. The Morgan fingerprint density at radius 2 is 1.85 bits per heavy atom. The molecule has 1 aromatic heterocycles. The van der Waals surface area contributed by atoms with Gasteiger partial charge in [0.2, 0.25) is 10.0 Å². The number of hydroxylamine groups is 1. The minimum absolute atomic E-state index is 0.00456. The molecule has 0 bridgehead atoms. The molecule has 12 heteroatoms. The molecule has 1 amide bonds. The second-order valence-corrected chi connectivity index (χ2v) is 8.79. The van der Waals surface area contributed by atoms with Crippen molar-refractivity contribution in [3.63, 3.8) is 0 Å². The third-order valence-corrected chi connectivity index (χ3v) is 7.66. The van der Waals surface area contributed by atoms with Crippen molar-refractivity contribution in [1.82, 2.24) is 20.0 Å². The van der Waals surface area contributed by atoms with E-state index in [2.05, 4.69) is 10.2 Å². The third kappa shape index (κ3) is 3.37. The van der Waals surface area contributed by atoms with Crippen LogP contribution in [0.2, 0.25) is 5.15 Å². The van der Waals surface area contributed by atoms with Gasteiger partial charge in [-0.05, 0) is 12.1 Å². The number of hydrogen-bond donors (Lipinski definition) is 2. The van der Waals surface area contributed by atoms with E-state index >= 15 is 0 Å². The lowest BCUT2D eigenvalue weighted by Gasteiger charge is -2.41. The Kier molecular flexibility index (Phi) is 5.63. The zero-order valence-electron chi connectivity index (χ0n) is 14.0. The highest BCUT2D eigenvalue weighted by Crippen LogP contribution is 2.33. The molecule has 2 aliphatic rings. The lowest BCUT2D eigenvalue weighted by Crippen LogP contribution is -2.62. The van der Waals surface area contributed by atoms with Gasteiger partial charge in [-0.25, -0.2) is 13.9 Å². The number of nitrogens with zero attached hydrogens (tertiary/aromatic N) is 4. The number of amides is 1. The number of anilines is 1. The summed E-state index contributed by atoms with van der Waals surface area (Å²) in [6.07, 6.45) is 0.00913. The summed E-state index contributed by atoms with van der Waals surface area (Å²) in [6, 6.07) is 3.34. The molecule has 144 valence electrons. The molecule has 26 heavy (non-hydrogen) atoms. The average Bonchev–Trinajstić information content (AvgIpc) is 2.68. The van der Waals surface area contributed by atoms with E-state index in [4.69, 9.17) is 21.5 Å². The Morgan fingerprint density at radius 1 is 1.19 bits per heavy atom. The van der Waals surface area contributed by atoms with Crippen LogP contribution >= 0.6 is 11.6 Å². The summed E-state index contributed by atoms with van der Waals surface area (Å²) in [7, 11) is -3.97. The minimum Gasteiger partial charge on any atom is -0.381 e.